The summed E-state index contributed by atoms with van der Waals surface area (Å²) in [5, 5.41) is 8.36. The molecule has 0 bridgehead atoms. The molecule has 0 saturated heterocycles. The molecule has 9 heteroatoms. The Bertz CT molecular complexity index is 1170. The first-order valence-electron chi connectivity index (χ1n) is 7.96. The van der Waals surface area contributed by atoms with E-state index in [2.05, 4.69) is 26.1 Å². The van der Waals surface area contributed by atoms with Crippen LogP contribution in [0.15, 0.2) is 68.2 Å². The molecule has 140 valence electrons. The molecular weight excluding hydrogens is 430 g/mol. The van der Waals surface area contributed by atoms with E-state index in [1.54, 1.807) is 43.3 Å². The van der Waals surface area contributed by atoms with Crippen molar-refractivity contribution in [3.63, 3.8) is 0 Å². The Balaban J connectivity index is 2.27. The molecule has 0 aliphatic carbocycles. The molecule has 3 rings (SSSR count). The van der Waals surface area contributed by atoms with Gasteiger partial charge in [0.25, 0.3) is 10.0 Å². The fraction of sp³-hybridized carbons (Fsp3) is 0.111. The fourth-order valence-electron chi connectivity index (χ4n) is 2.67. The summed E-state index contributed by atoms with van der Waals surface area (Å²) in [6.45, 7) is 3.62. The first-order valence-corrected chi connectivity index (χ1v) is 10.2. The maximum atomic E-state index is 13.2. The smallest absolute Gasteiger partial charge is 0.268 e. The Morgan fingerprint density at radius 3 is 2.37 bits per heavy atom. The molecule has 4 N–H and O–H groups in total. The topological polar surface area (TPSA) is 116 Å². The van der Waals surface area contributed by atoms with E-state index in [1.807, 2.05) is 13.0 Å². The third-order valence-corrected chi connectivity index (χ3v) is 6.20. The van der Waals surface area contributed by atoms with E-state index in [0.717, 1.165) is 10.0 Å². The third kappa shape index (κ3) is 3.74. The predicted molar refractivity (Wildman–Crippen MR) is 111 cm³/mol. The van der Waals surface area contributed by atoms with Crippen molar-refractivity contribution in [1.29, 1.82) is 0 Å². The highest BCUT2D eigenvalue weighted by molar-refractivity contribution is 9.10. The zero-order valence-electron chi connectivity index (χ0n) is 14.7. The number of aromatic nitrogens is 1. The van der Waals surface area contributed by atoms with Crippen LogP contribution in [-0.4, -0.2) is 24.1 Å². The van der Waals surface area contributed by atoms with E-state index in [-0.39, 0.29) is 10.9 Å². The lowest BCUT2D eigenvalue weighted by atomic mass is 10.1. The zero-order valence-corrected chi connectivity index (χ0v) is 17.1. The molecule has 27 heavy (non-hydrogen) atoms. The standard InChI is InChI=1S/C18H18BrN5O2S/c1-11-3-6-14(7-4-11)27(25,26)24-10-16(12(2)22-23-18(20)21)15-9-13(19)5-8-17(15)24/h3-10H,1-2H3,(H4,20,21,23)/b22-12-. The van der Waals surface area contributed by atoms with Gasteiger partial charge in [0.15, 0.2) is 0 Å². The molecule has 2 aromatic carbocycles. The number of aryl methyl sites for hydroxylation is 1. The normalized spacial score (nSPS) is 12.3. The first-order chi connectivity index (χ1) is 12.7. The molecule has 0 spiro atoms. The minimum atomic E-state index is -3.78. The maximum Gasteiger partial charge on any atom is 0.268 e. The molecule has 7 nitrogen and oxygen atoms in total. The van der Waals surface area contributed by atoms with Crippen molar-refractivity contribution in [2.24, 2.45) is 21.7 Å². The summed E-state index contributed by atoms with van der Waals surface area (Å²) in [4.78, 5) is 0.207. The number of nitrogens with two attached hydrogens (primary N) is 2. The third-order valence-electron chi connectivity index (χ3n) is 4.02. The summed E-state index contributed by atoms with van der Waals surface area (Å²) in [6.07, 6.45) is 1.54. The first kappa shape index (κ1) is 19.1. The average molecular weight is 448 g/mol. The summed E-state index contributed by atoms with van der Waals surface area (Å²) < 4.78 is 28.4. The quantitative estimate of drug-likeness (QED) is 0.363. The second kappa shape index (κ2) is 7.16. The van der Waals surface area contributed by atoms with Gasteiger partial charge in [-0.05, 0) is 44.2 Å². The van der Waals surface area contributed by atoms with Crippen molar-refractivity contribution < 1.29 is 8.42 Å². The molecule has 0 aliphatic rings. The van der Waals surface area contributed by atoms with Crippen molar-refractivity contribution >= 4 is 48.5 Å². The van der Waals surface area contributed by atoms with E-state index in [1.165, 1.54) is 10.2 Å². The molecule has 0 unspecified atom stereocenters. The average Bonchev–Trinajstić information content (AvgIpc) is 2.99. The van der Waals surface area contributed by atoms with Crippen molar-refractivity contribution in [3.05, 3.63) is 64.3 Å². The summed E-state index contributed by atoms with van der Waals surface area (Å²) in [5.41, 5.74) is 13.3. The van der Waals surface area contributed by atoms with Gasteiger partial charge in [0.1, 0.15) is 0 Å². The number of guanidine groups is 1. The highest BCUT2D eigenvalue weighted by Gasteiger charge is 2.22. The predicted octanol–water partition coefficient (Wildman–Crippen LogP) is 2.95. The van der Waals surface area contributed by atoms with E-state index in [9.17, 15) is 8.42 Å². The molecule has 0 aliphatic heterocycles. The Morgan fingerprint density at radius 1 is 1.07 bits per heavy atom. The Morgan fingerprint density at radius 2 is 1.74 bits per heavy atom. The van der Waals surface area contributed by atoms with Crippen molar-refractivity contribution in [2.75, 3.05) is 0 Å². The van der Waals surface area contributed by atoms with E-state index >= 15 is 0 Å². The highest BCUT2D eigenvalue weighted by atomic mass is 79.9. The van der Waals surface area contributed by atoms with Gasteiger partial charge in [0.05, 0.1) is 16.1 Å². The number of nitrogens with zero attached hydrogens (tertiary/aromatic N) is 3. The molecule has 0 atom stereocenters. The highest BCUT2D eigenvalue weighted by Crippen LogP contribution is 2.29. The summed E-state index contributed by atoms with van der Waals surface area (Å²) in [7, 11) is -3.78. The van der Waals surface area contributed by atoms with Crippen LogP contribution in [0, 0.1) is 6.92 Å². The van der Waals surface area contributed by atoms with Gasteiger partial charge < -0.3 is 11.5 Å². The fourth-order valence-corrected chi connectivity index (χ4v) is 4.40. The number of halogens is 1. The van der Waals surface area contributed by atoms with Gasteiger partial charge >= 0.3 is 0 Å². The number of benzene rings is 2. The van der Waals surface area contributed by atoms with Crippen molar-refractivity contribution in [3.8, 4) is 0 Å². The number of rotatable bonds is 4. The number of hydrogen-bond acceptors (Lipinski definition) is 4. The van der Waals surface area contributed by atoms with Crippen LogP contribution < -0.4 is 11.5 Å². The second-order valence-electron chi connectivity index (χ2n) is 6.03. The SMILES string of the molecule is C/C(=N/N=C(N)N)c1cn(S(=O)(=O)c2ccc(C)cc2)c2ccc(Br)cc12. The van der Waals surface area contributed by atoms with Crippen LogP contribution in [0.4, 0.5) is 0 Å². The molecule has 1 aromatic heterocycles. The van der Waals surface area contributed by atoms with Crippen LogP contribution in [0.3, 0.4) is 0 Å². The second-order valence-corrected chi connectivity index (χ2v) is 8.76. The number of hydrogen-bond donors (Lipinski definition) is 2. The minimum Gasteiger partial charge on any atom is -0.369 e. The number of fused-ring (bicyclic) bond motifs is 1. The Kier molecular flexibility index (Phi) is 5.07. The Labute approximate surface area is 165 Å². The van der Waals surface area contributed by atoms with Gasteiger partial charge in [-0.3, -0.25) is 0 Å². The van der Waals surface area contributed by atoms with E-state index < -0.39 is 10.0 Å². The van der Waals surface area contributed by atoms with Crippen molar-refractivity contribution in [2.45, 2.75) is 18.7 Å². The van der Waals surface area contributed by atoms with Gasteiger partial charge in [0.2, 0.25) is 5.96 Å². The van der Waals surface area contributed by atoms with Gasteiger partial charge in [0, 0.05) is 21.6 Å². The lowest BCUT2D eigenvalue weighted by Gasteiger charge is -2.08. The lowest BCUT2D eigenvalue weighted by molar-refractivity contribution is 0.589. The van der Waals surface area contributed by atoms with E-state index in [4.69, 9.17) is 11.5 Å². The minimum absolute atomic E-state index is 0.174. The molecule has 0 amide bonds. The van der Waals surface area contributed by atoms with Gasteiger partial charge in [-0.25, -0.2) is 12.4 Å². The maximum absolute atomic E-state index is 13.2. The lowest BCUT2D eigenvalue weighted by Crippen LogP contribution is -2.22. The largest absolute Gasteiger partial charge is 0.369 e. The molecule has 0 radical (unpaired) electrons. The summed E-state index contributed by atoms with van der Waals surface area (Å²) in [5.74, 6) is -0.174. The van der Waals surface area contributed by atoms with Crippen molar-refractivity contribution in [1.82, 2.24) is 3.97 Å². The van der Waals surface area contributed by atoms with Crippen LogP contribution in [0.5, 0.6) is 0 Å². The van der Waals surface area contributed by atoms with Crippen LogP contribution in [0.2, 0.25) is 0 Å². The molecule has 0 saturated carbocycles. The van der Waals surface area contributed by atoms with Crippen LogP contribution in [0.25, 0.3) is 10.9 Å². The Hall–Kier alpha value is -2.65. The molecule has 0 fully saturated rings. The molecule has 3 aromatic rings. The van der Waals surface area contributed by atoms with Gasteiger partial charge in [-0.2, -0.15) is 5.10 Å². The van der Waals surface area contributed by atoms with Crippen LogP contribution in [0.1, 0.15) is 18.1 Å². The summed E-state index contributed by atoms with van der Waals surface area (Å²) in [6, 6.07) is 12.1. The van der Waals surface area contributed by atoms with Crippen LogP contribution >= 0.6 is 15.9 Å². The van der Waals surface area contributed by atoms with Gasteiger partial charge in [-0.15, -0.1) is 5.10 Å². The van der Waals surface area contributed by atoms with Crippen LogP contribution in [-0.2, 0) is 10.0 Å². The van der Waals surface area contributed by atoms with Gasteiger partial charge in [-0.1, -0.05) is 33.6 Å². The zero-order chi connectivity index (χ0) is 19.8. The molecule has 1 heterocycles. The summed E-state index contributed by atoms with van der Waals surface area (Å²) >= 11 is 3.42. The molecular formula is C18H18BrN5O2S. The monoisotopic (exact) mass is 447 g/mol. The van der Waals surface area contributed by atoms with E-state index in [0.29, 0.717) is 22.2 Å².